The van der Waals surface area contributed by atoms with Crippen molar-refractivity contribution in [2.24, 2.45) is 0 Å². The first-order chi connectivity index (χ1) is 5.33. The largest absolute Gasteiger partial charge is 0.465 e. The van der Waals surface area contributed by atoms with Crippen LogP contribution in [0.25, 0.3) is 0 Å². The summed E-state index contributed by atoms with van der Waals surface area (Å²) in [5.74, 6) is -0.129. The molecule has 0 aromatic heterocycles. The van der Waals surface area contributed by atoms with Gasteiger partial charge in [0, 0.05) is 19.8 Å². The van der Waals surface area contributed by atoms with E-state index in [2.05, 4.69) is 5.32 Å². The SMILES string of the molecule is CCOC(=O)CN1CCNC1. The first-order valence-electron chi connectivity index (χ1n) is 3.91. The molecule has 0 atom stereocenters. The molecule has 0 saturated carbocycles. The van der Waals surface area contributed by atoms with Gasteiger partial charge in [-0.25, -0.2) is 0 Å². The standard InChI is InChI=1S/C7H14N2O2/c1-2-11-7(10)5-9-4-3-8-6-9/h8H,2-6H2,1H3. The summed E-state index contributed by atoms with van der Waals surface area (Å²) in [6, 6.07) is 0. The maximum Gasteiger partial charge on any atom is 0.320 e. The summed E-state index contributed by atoms with van der Waals surface area (Å²) in [6.45, 7) is 5.43. The van der Waals surface area contributed by atoms with Crippen molar-refractivity contribution in [3.63, 3.8) is 0 Å². The smallest absolute Gasteiger partial charge is 0.320 e. The molecule has 0 radical (unpaired) electrons. The minimum atomic E-state index is -0.129. The van der Waals surface area contributed by atoms with Crippen molar-refractivity contribution in [3.05, 3.63) is 0 Å². The molecule has 4 nitrogen and oxygen atoms in total. The molecule has 0 spiro atoms. The topological polar surface area (TPSA) is 41.6 Å². The zero-order valence-corrected chi connectivity index (χ0v) is 6.80. The molecule has 0 aliphatic carbocycles. The summed E-state index contributed by atoms with van der Waals surface area (Å²) in [5.41, 5.74) is 0. The Hall–Kier alpha value is -0.610. The second kappa shape index (κ2) is 4.31. The molecule has 1 aliphatic rings. The maximum atomic E-state index is 10.9. The average molecular weight is 158 g/mol. The molecule has 0 amide bonds. The lowest BCUT2D eigenvalue weighted by atomic mass is 10.5. The number of nitrogens with zero attached hydrogens (tertiary/aromatic N) is 1. The predicted molar refractivity (Wildman–Crippen MR) is 41.1 cm³/mol. The van der Waals surface area contributed by atoms with E-state index in [1.54, 1.807) is 0 Å². The normalized spacial score (nSPS) is 18.6. The van der Waals surface area contributed by atoms with Crippen molar-refractivity contribution in [2.45, 2.75) is 6.92 Å². The fourth-order valence-electron chi connectivity index (χ4n) is 1.08. The Morgan fingerprint density at radius 2 is 2.55 bits per heavy atom. The van der Waals surface area contributed by atoms with Crippen molar-refractivity contribution in [3.8, 4) is 0 Å². The second-order valence-corrected chi connectivity index (χ2v) is 2.52. The van der Waals surface area contributed by atoms with Crippen LogP contribution in [0.3, 0.4) is 0 Å². The van der Waals surface area contributed by atoms with Gasteiger partial charge in [0.05, 0.1) is 13.2 Å². The zero-order chi connectivity index (χ0) is 8.10. The number of nitrogens with one attached hydrogen (secondary N) is 1. The monoisotopic (exact) mass is 158 g/mol. The molecule has 1 rings (SSSR count). The molecule has 0 aromatic carbocycles. The quantitative estimate of drug-likeness (QED) is 0.557. The van der Waals surface area contributed by atoms with Gasteiger partial charge in [0.2, 0.25) is 0 Å². The fraction of sp³-hybridized carbons (Fsp3) is 0.857. The van der Waals surface area contributed by atoms with Crippen molar-refractivity contribution >= 4 is 5.97 Å². The van der Waals surface area contributed by atoms with Crippen LogP contribution in [0.1, 0.15) is 6.92 Å². The third-order valence-electron chi connectivity index (χ3n) is 1.60. The highest BCUT2D eigenvalue weighted by molar-refractivity contribution is 5.71. The van der Waals surface area contributed by atoms with E-state index in [0.717, 1.165) is 19.8 Å². The average Bonchev–Trinajstić information content (AvgIpc) is 2.40. The lowest BCUT2D eigenvalue weighted by Gasteiger charge is -2.11. The highest BCUT2D eigenvalue weighted by atomic mass is 16.5. The molecule has 1 heterocycles. The van der Waals surface area contributed by atoms with Crippen LogP contribution >= 0.6 is 0 Å². The molecule has 64 valence electrons. The molecule has 1 aliphatic heterocycles. The summed E-state index contributed by atoms with van der Waals surface area (Å²) in [6.07, 6.45) is 0. The molecule has 11 heavy (non-hydrogen) atoms. The minimum absolute atomic E-state index is 0.129. The molecular weight excluding hydrogens is 144 g/mol. The van der Waals surface area contributed by atoms with Crippen molar-refractivity contribution in [2.75, 3.05) is 32.9 Å². The molecule has 0 aromatic rings. The van der Waals surface area contributed by atoms with E-state index >= 15 is 0 Å². The van der Waals surface area contributed by atoms with Crippen molar-refractivity contribution in [1.82, 2.24) is 10.2 Å². The van der Waals surface area contributed by atoms with E-state index in [9.17, 15) is 4.79 Å². The summed E-state index contributed by atoms with van der Waals surface area (Å²) in [4.78, 5) is 12.9. The van der Waals surface area contributed by atoms with Crippen molar-refractivity contribution in [1.29, 1.82) is 0 Å². The van der Waals surface area contributed by atoms with Gasteiger partial charge in [-0.3, -0.25) is 9.69 Å². The van der Waals surface area contributed by atoms with Gasteiger partial charge in [0.15, 0.2) is 0 Å². The van der Waals surface area contributed by atoms with Crippen LogP contribution in [0.15, 0.2) is 0 Å². The van der Waals surface area contributed by atoms with E-state index in [0.29, 0.717) is 13.2 Å². The lowest BCUT2D eigenvalue weighted by Crippen LogP contribution is -2.29. The van der Waals surface area contributed by atoms with Crippen LogP contribution in [0.5, 0.6) is 0 Å². The first kappa shape index (κ1) is 8.49. The van der Waals surface area contributed by atoms with E-state index in [1.807, 2.05) is 11.8 Å². The molecule has 1 fully saturated rings. The second-order valence-electron chi connectivity index (χ2n) is 2.52. The van der Waals surface area contributed by atoms with Gasteiger partial charge in [-0.15, -0.1) is 0 Å². The van der Waals surface area contributed by atoms with E-state index < -0.39 is 0 Å². The Bertz CT molecular complexity index is 132. The number of rotatable bonds is 3. The van der Waals surface area contributed by atoms with Gasteiger partial charge >= 0.3 is 5.97 Å². The number of carbonyl (C=O) groups excluding carboxylic acids is 1. The van der Waals surface area contributed by atoms with Crippen LogP contribution in [-0.2, 0) is 9.53 Å². The van der Waals surface area contributed by atoms with Gasteiger partial charge in [0.25, 0.3) is 0 Å². The summed E-state index contributed by atoms with van der Waals surface area (Å²) in [5, 5.41) is 3.14. The third-order valence-corrected chi connectivity index (χ3v) is 1.60. The van der Waals surface area contributed by atoms with Crippen molar-refractivity contribution < 1.29 is 9.53 Å². The van der Waals surface area contributed by atoms with E-state index in [1.165, 1.54) is 0 Å². The molecule has 1 saturated heterocycles. The van der Waals surface area contributed by atoms with Crippen LogP contribution < -0.4 is 5.32 Å². The lowest BCUT2D eigenvalue weighted by molar-refractivity contribution is -0.144. The van der Waals surface area contributed by atoms with Gasteiger partial charge < -0.3 is 10.1 Å². The Balaban J connectivity index is 2.13. The fourth-order valence-corrected chi connectivity index (χ4v) is 1.08. The number of hydrogen-bond donors (Lipinski definition) is 1. The van der Waals surface area contributed by atoms with Gasteiger partial charge in [-0.05, 0) is 6.92 Å². The van der Waals surface area contributed by atoms with Gasteiger partial charge in [-0.1, -0.05) is 0 Å². The van der Waals surface area contributed by atoms with Crippen LogP contribution in [0, 0.1) is 0 Å². The van der Waals surface area contributed by atoms with Crippen LogP contribution in [-0.4, -0.2) is 43.8 Å². The van der Waals surface area contributed by atoms with Crippen LogP contribution in [0.4, 0.5) is 0 Å². The maximum absolute atomic E-state index is 10.9. The number of ether oxygens (including phenoxy) is 1. The molecular formula is C7H14N2O2. The Morgan fingerprint density at radius 3 is 3.09 bits per heavy atom. The Morgan fingerprint density at radius 1 is 1.73 bits per heavy atom. The Labute approximate surface area is 66.5 Å². The summed E-state index contributed by atoms with van der Waals surface area (Å²) in [7, 11) is 0. The van der Waals surface area contributed by atoms with E-state index in [4.69, 9.17) is 4.74 Å². The van der Waals surface area contributed by atoms with Gasteiger partial charge in [0.1, 0.15) is 0 Å². The summed E-state index contributed by atoms with van der Waals surface area (Å²) < 4.78 is 4.80. The van der Waals surface area contributed by atoms with E-state index in [-0.39, 0.29) is 5.97 Å². The molecule has 0 unspecified atom stereocenters. The number of esters is 1. The molecule has 0 bridgehead atoms. The highest BCUT2D eigenvalue weighted by Gasteiger charge is 2.14. The highest BCUT2D eigenvalue weighted by Crippen LogP contribution is 1.92. The third kappa shape index (κ3) is 2.86. The van der Waals surface area contributed by atoms with Crippen LogP contribution in [0.2, 0.25) is 0 Å². The number of hydrogen-bond acceptors (Lipinski definition) is 4. The number of carbonyl (C=O) groups is 1. The minimum Gasteiger partial charge on any atom is -0.465 e. The Kier molecular flexibility index (Phi) is 3.32. The molecule has 4 heteroatoms. The van der Waals surface area contributed by atoms with Gasteiger partial charge in [-0.2, -0.15) is 0 Å². The molecule has 1 N–H and O–H groups in total. The summed E-state index contributed by atoms with van der Waals surface area (Å²) >= 11 is 0. The first-order valence-corrected chi connectivity index (χ1v) is 3.91. The zero-order valence-electron chi connectivity index (χ0n) is 6.80. The predicted octanol–water partition coefficient (Wildman–Crippen LogP) is -0.588.